The van der Waals surface area contributed by atoms with Gasteiger partial charge in [-0.1, -0.05) is 23.2 Å². The highest BCUT2D eigenvalue weighted by Gasteiger charge is 2.03. The van der Waals surface area contributed by atoms with E-state index in [9.17, 15) is 4.79 Å². The van der Waals surface area contributed by atoms with Crippen molar-refractivity contribution in [1.29, 1.82) is 0 Å². The number of carbonyl (C=O) groups is 1. The maximum Gasteiger partial charge on any atom is 0.305 e. The number of unbranched alkanes of at least 4 members (excludes halogenated alkanes) is 2. The van der Waals surface area contributed by atoms with E-state index in [-0.39, 0.29) is 5.97 Å². The molecule has 19 heavy (non-hydrogen) atoms. The normalized spacial score (nSPS) is 10.3. The second-order valence-corrected chi connectivity index (χ2v) is 4.88. The van der Waals surface area contributed by atoms with E-state index in [0.717, 1.165) is 19.3 Å². The number of hydrogen-bond donors (Lipinski definition) is 0. The molecule has 0 saturated heterocycles. The van der Waals surface area contributed by atoms with Crippen molar-refractivity contribution < 1.29 is 14.3 Å². The standard InChI is InChI=1S/C14H18Cl2O3/c1-2-18-14(17)6-4-3-5-9-19-13-8-7-11(15)10-12(13)16/h7-8,10H,2-6,9H2,1H3. The van der Waals surface area contributed by atoms with E-state index in [4.69, 9.17) is 32.7 Å². The van der Waals surface area contributed by atoms with Gasteiger partial charge in [0.05, 0.1) is 18.2 Å². The van der Waals surface area contributed by atoms with Gasteiger partial charge in [0.15, 0.2) is 0 Å². The average molecular weight is 305 g/mol. The van der Waals surface area contributed by atoms with Crippen LogP contribution in [0.25, 0.3) is 0 Å². The highest BCUT2D eigenvalue weighted by molar-refractivity contribution is 6.35. The lowest BCUT2D eigenvalue weighted by molar-refractivity contribution is -0.143. The smallest absolute Gasteiger partial charge is 0.305 e. The molecule has 0 atom stereocenters. The molecule has 106 valence electrons. The average Bonchev–Trinajstić information content (AvgIpc) is 2.36. The minimum Gasteiger partial charge on any atom is -0.492 e. The largest absolute Gasteiger partial charge is 0.492 e. The third-order valence-electron chi connectivity index (χ3n) is 2.48. The van der Waals surface area contributed by atoms with Gasteiger partial charge < -0.3 is 9.47 Å². The minimum atomic E-state index is -0.135. The van der Waals surface area contributed by atoms with E-state index in [1.54, 1.807) is 18.2 Å². The third-order valence-corrected chi connectivity index (χ3v) is 3.01. The Hall–Kier alpha value is -0.930. The van der Waals surface area contributed by atoms with Gasteiger partial charge >= 0.3 is 5.97 Å². The monoisotopic (exact) mass is 304 g/mol. The van der Waals surface area contributed by atoms with E-state index in [1.165, 1.54) is 0 Å². The van der Waals surface area contributed by atoms with Gasteiger partial charge in [-0.15, -0.1) is 0 Å². The van der Waals surface area contributed by atoms with Crippen LogP contribution in [0.2, 0.25) is 10.0 Å². The van der Waals surface area contributed by atoms with Crippen LogP contribution in [0, 0.1) is 0 Å². The molecule has 1 aromatic rings. The topological polar surface area (TPSA) is 35.5 Å². The number of esters is 1. The maximum absolute atomic E-state index is 11.1. The van der Waals surface area contributed by atoms with Crippen molar-refractivity contribution in [1.82, 2.24) is 0 Å². The number of carbonyl (C=O) groups excluding carboxylic acids is 1. The molecule has 0 bridgehead atoms. The number of rotatable bonds is 8. The van der Waals surface area contributed by atoms with Gasteiger partial charge in [0.2, 0.25) is 0 Å². The molecular formula is C14H18Cl2O3. The summed E-state index contributed by atoms with van der Waals surface area (Å²) < 4.78 is 10.4. The minimum absolute atomic E-state index is 0.135. The van der Waals surface area contributed by atoms with Gasteiger partial charge in [-0.3, -0.25) is 4.79 Å². The zero-order valence-corrected chi connectivity index (χ0v) is 12.5. The summed E-state index contributed by atoms with van der Waals surface area (Å²) in [6.45, 7) is 2.82. The summed E-state index contributed by atoms with van der Waals surface area (Å²) >= 11 is 11.8. The second-order valence-electron chi connectivity index (χ2n) is 4.04. The Labute approximate surface area is 123 Å². The molecule has 0 aliphatic rings. The Bertz CT molecular complexity index is 408. The van der Waals surface area contributed by atoms with Gasteiger partial charge in [0.25, 0.3) is 0 Å². The van der Waals surface area contributed by atoms with Crippen molar-refractivity contribution in [3.05, 3.63) is 28.2 Å². The lowest BCUT2D eigenvalue weighted by Crippen LogP contribution is -2.04. The van der Waals surface area contributed by atoms with Gasteiger partial charge in [-0.25, -0.2) is 0 Å². The van der Waals surface area contributed by atoms with Crippen LogP contribution in [0.4, 0.5) is 0 Å². The first-order valence-corrected chi connectivity index (χ1v) is 7.12. The molecule has 0 aliphatic carbocycles. The Morgan fingerprint density at radius 1 is 1.21 bits per heavy atom. The molecule has 3 nitrogen and oxygen atoms in total. The lowest BCUT2D eigenvalue weighted by Gasteiger charge is -2.08. The van der Waals surface area contributed by atoms with Crippen molar-refractivity contribution in [2.45, 2.75) is 32.6 Å². The zero-order valence-electron chi connectivity index (χ0n) is 11.0. The van der Waals surface area contributed by atoms with Gasteiger partial charge in [-0.05, 0) is 44.4 Å². The highest BCUT2D eigenvalue weighted by atomic mass is 35.5. The van der Waals surface area contributed by atoms with Crippen molar-refractivity contribution in [3.8, 4) is 5.75 Å². The van der Waals surface area contributed by atoms with Crippen LogP contribution >= 0.6 is 23.2 Å². The van der Waals surface area contributed by atoms with E-state index in [2.05, 4.69) is 0 Å². The van der Waals surface area contributed by atoms with Crippen LogP contribution in [-0.2, 0) is 9.53 Å². The molecule has 0 fully saturated rings. The first-order valence-electron chi connectivity index (χ1n) is 6.37. The fourth-order valence-electron chi connectivity index (χ4n) is 1.56. The third kappa shape index (κ3) is 6.69. The highest BCUT2D eigenvalue weighted by Crippen LogP contribution is 2.27. The summed E-state index contributed by atoms with van der Waals surface area (Å²) in [5, 5.41) is 1.10. The number of hydrogen-bond acceptors (Lipinski definition) is 3. The van der Waals surface area contributed by atoms with Crippen LogP contribution in [0.3, 0.4) is 0 Å². The van der Waals surface area contributed by atoms with E-state index < -0.39 is 0 Å². The fourth-order valence-corrected chi connectivity index (χ4v) is 2.02. The fraction of sp³-hybridized carbons (Fsp3) is 0.500. The Balaban J connectivity index is 2.12. The molecular weight excluding hydrogens is 287 g/mol. The molecule has 0 saturated carbocycles. The number of benzene rings is 1. The van der Waals surface area contributed by atoms with Crippen LogP contribution in [0.5, 0.6) is 5.75 Å². The first-order chi connectivity index (χ1) is 9.13. The summed E-state index contributed by atoms with van der Waals surface area (Å²) in [6, 6.07) is 5.14. The van der Waals surface area contributed by atoms with Crippen molar-refractivity contribution in [2.75, 3.05) is 13.2 Å². The zero-order chi connectivity index (χ0) is 14.1. The quantitative estimate of drug-likeness (QED) is 0.524. The summed E-state index contributed by atoms with van der Waals surface area (Å²) in [5.74, 6) is 0.501. The molecule has 0 heterocycles. The van der Waals surface area contributed by atoms with Gasteiger partial charge in [0.1, 0.15) is 5.75 Å². The molecule has 0 unspecified atom stereocenters. The van der Waals surface area contributed by atoms with Gasteiger partial charge in [-0.2, -0.15) is 0 Å². The second kappa shape index (κ2) is 9.05. The molecule has 0 aliphatic heterocycles. The van der Waals surface area contributed by atoms with Crippen LogP contribution in [-0.4, -0.2) is 19.2 Å². The van der Waals surface area contributed by atoms with Crippen LogP contribution < -0.4 is 4.74 Å². The summed E-state index contributed by atoms with van der Waals surface area (Å²) in [5.41, 5.74) is 0. The Morgan fingerprint density at radius 3 is 2.68 bits per heavy atom. The van der Waals surface area contributed by atoms with Crippen LogP contribution in [0.1, 0.15) is 32.6 Å². The number of ether oxygens (including phenoxy) is 2. The molecule has 0 radical (unpaired) electrons. The van der Waals surface area contributed by atoms with E-state index in [0.29, 0.717) is 35.4 Å². The first kappa shape index (κ1) is 16.1. The molecule has 5 heteroatoms. The maximum atomic E-state index is 11.1. The number of halogens is 2. The lowest BCUT2D eigenvalue weighted by atomic mass is 10.2. The summed E-state index contributed by atoms with van der Waals surface area (Å²) in [7, 11) is 0. The molecule has 0 N–H and O–H groups in total. The predicted octanol–water partition coefficient (Wildman–Crippen LogP) is 4.50. The summed E-state index contributed by atoms with van der Waals surface area (Å²) in [4.78, 5) is 11.1. The summed E-state index contributed by atoms with van der Waals surface area (Å²) in [6.07, 6.45) is 3.08. The SMILES string of the molecule is CCOC(=O)CCCCCOc1ccc(Cl)cc1Cl. The molecule has 0 aromatic heterocycles. The van der Waals surface area contributed by atoms with Crippen molar-refractivity contribution in [2.24, 2.45) is 0 Å². The van der Waals surface area contributed by atoms with E-state index >= 15 is 0 Å². The molecule has 1 rings (SSSR count). The van der Waals surface area contributed by atoms with Crippen molar-refractivity contribution in [3.63, 3.8) is 0 Å². The Kier molecular flexibility index (Phi) is 7.68. The van der Waals surface area contributed by atoms with Crippen molar-refractivity contribution >= 4 is 29.2 Å². The predicted molar refractivity (Wildman–Crippen MR) is 77.1 cm³/mol. The Morgan fingerprint density at radius 2 is 2.00 bits per heavy atom. The molecule has 0 spiro atoms. The molecule has 0 amide bonds. The molecule has 1 aromatic carbocycles. The van der Waals surface area contributed by atoms with Gasteiger partial charge in [0, 0.05) is 11.4 Å². The van der Waals surface area contributed by atoms with E-state index in [1.807, 2.05) is 6.92 Å². The van der Waals surface area contributed by atoms with Crippen LogP contribution in [0.15, 0.2) is 18.2 Å².